The first-order valence-corrected chi connectivity index (χ1v) is 10.9. The number of methoxy groups -OCH3 is 2. The molecule has 0 bridgehead atoms. The molecule has 2 heterocycles. The van der Waals surface area contributed by atoms with Crippen LogP contribution in [0.1, 0.15) is 17.5 Å². The fraction of sp³-hybridized carbons (Fsp3) is 0.273. The molecule has 1 aromatic heterocycles. The number of aryl methyl sites for hydroxylation is 1. The minimum Gasteiger partial charge on any atom is -0.497 e. The summed E-state index contributed by atoms with van der Waals surface area (Å²) in [6.45, 7) is 2.80. The molecule has 29 heavy (non-hydrogen) atoms. The summed E-state index contributed by atoms with van der Waals surface area (Å²) in [4.78, 5) is 3.47. The quantitative estimate of drug-likeness (QED) is 0.688. The van der Waals surface area contributed by atoms with Crippen molar-refractivity contribution in [1.82, 2.24) is 9.29 Å². The molecule has 0 spiro atoms. The second kappa shape index (κ2) is 7.57. The number of aromatic nitrogens is 1. The van der Waals surface area contributed by atoms with Crippen LogP contribution >= 0.6 is 0 Å². The van der Waals surface area contributed by atoms with Crippen molar-refractivity contribution in [2.75, 3.05) is 27.3 Å². The van der Waals surface area contributed by atoms with Crippen LogP contribution in [0.4, 0.5) is 0 Å². The number of nitrogens with one attached hydrogen (secondary N) is 1. The first-order valence-electron chi connectivity index (χ1n) is 9.44. The highest BCUT2D eigenvalue weighted by Gasteiger charge is 2.30. The summed E-state index contributed by atoms with van der Waals surface area (Å²) in [5, 5.41) is 1.17. The number of sulfonamides is 1. The topological polar surface area (TPSA) is 71.6 Å². The van der Waals surface area contributed by atoms with Gasteiger partial charge in [0, 0.05) is 41.8 Å². The third kappa shape index (κ3) is 3.41. The normalized spacial score (nSPS) is 15.3. The molecule has 2 aromatic carbocycles. The molecule has 7 heteroatoms. The Morgan fingerprint density at radius 3 is 2.62 bits per heavy atom. The van der Waals surface area contributed by atoms with Crippen molar-refractivity contribution in [1.29, 1.82) is 0 Å². The molecule has 0 fully saturated rings. The summed E-state index contributed by atoms with van der Waals surface area (Å²) < 4.78 is 38.4. The third-order valence-electron chi connectivity index (χ3n) is 5.43. The van der Waals surface area contributed by atoms with Gasteiger partial charge in [0.15, 0.2) is 0 Å². The zero-order valence-electron chi connectivity index (χ0n) is 16.7. The SMILES string of the molecule is COc1ccc(OC)c(S(=O)(=O)N2CC=C(c3c[nH]c4c(C)cccc34)CC2)c1. The Kier molecular flexibility index (Phi) is 5.10. The van der Waals surface area contributed by atoms with E-state index in [1.807, 2.05) is 18.3 Å². The summed E-state index contributed by atoms with van der Waals surface area (Å²) >= 11 is 0. The number of fused-ring (bicyclic) bond motifs is 1. The third-order valence-corrected chi connectivity index (χ3v) is 7.32. The van der Waals surface area contributed by atoms with Gasteiger partial charge in [-0.2, -0.15) is 4.31 Å². The van der Waals surface area contributed by atoms with Gasteiger partial charge in [0.25, 0.3) is 0 Å². The zero-order chi connectivity index (χ0) is 20.6. The van der Waals surface area contributed by atoms with Crippen LogP contribution in [0.3, 0.4) is 0 Å². The van der Waals surface area contributed by atoms with Gasteiger partial charge in [-0.3, -0.25) is 0 Å². The van der Waals surface area contributed by atoms with Crippen LogP contribution < -0.4 is 9.47 Å². The average molecular weight is 413 g/mol. The van der Waals surface area contributed by atoms with Crippen LogP contribution in [0.5, 0.6) is 11.5 Å². The molecule has 4 rings (SSSR count). The van der Waals surface area contributed by atoms with Gasteiger partial charge in [0.1, 0.15) is 16.4 Å². The van der Waals surface area contributed by atoms with Gasteiger partial charge in [0.05, 0.1) is 14.2 Å². The van der Waals surface area contributed by atoms with Crippen molar-refractivity contribution in [2.45, 2.75) is 18.2 Å². The number of H-pyrrole nitrogens is 1. The van der Waals surface area contributed by atoms with Gasteiger partial charge in [-0.1, -0.05) is 24.3 Å². The maximum atomic E-state index is 13.2. The predicted octanol–water partition coefficient (Wildman–Crippen LogP) is 3.97. The lowest BCUT2D eigenvalue weighted by Crippen LogP contribution is -2.34. The van der Waals surface area contributed by atoms with Crippen LogP contribution in [0.2, 0.25) is 0 Å². The van der Waals surface area contributed by atoms with Crippen molar-refractivity contribution < 1.29 is 17.9 Å². The lowest BCUT2D eigenvalue weighted by molar-refractivity contribution is 0.386. The second-order valence-corrected chi connectivity index (χ2v) is 8.97. The lowest BCUT2D eigenvalue weighted by Gasteiger charge is -2.26. The molecule has 6 nitrogen and oxygen atoms in total. The first kappa shape index (κ1) is 19.5. The van der Waals surface area contributed by atoms with Crippen molar-refractivity contribution in [3.05, 3.63) is 59.8 Å². The largest absolute Gasteiger partial charge is 0.497 e. The van der Waals surface area contributed by atoms with E-state index in [0.717, 1.165) is 16.7 Å². The molecule has 0 saturated carbocycles. The summed E-state index contributed by atoms with van der Waals surface area (Å²) in [5.41, 5.74) is 4.62. The van der Waals surface area contributed by atoms with E-state index in [1.54, 1.807) is 12.1 Å². The van der Waals surface area contributed by atoms with E-state index in [2.05, 4.69) is 24.0 Å². The van der Waals surface area contributed by atoms with Crippen LogP contribution in [0.25, 0.3) is 16.5 Å². The number of rotatable bonds is 5. The predicted molar refractivity (Wildman–Crippen MR) is 114 cm³/mol. The molecule has 1 N–H and O–H groups in total. The van der Waals surface area contributed by atoms with E-state index in [1.165, 1.54) is 35.5 Å². The molecule has 0 radical (unpaired) electrons. The summed E-state index contributed by atoms with van der Waals surface area (Å²) in [5.74, 6) is 0.791. The number of nitrogens with zero attached hydrogens (tertiary/aromatic N) is 1. The van der Waals surface area contributed by atoms with Crippen molar-refractivity contribution >= 4 is 26.5 Å². The molecular formula is C22H24N2O4S. The zero-order valence-corrected chi connectivity index (χ0v) is 17.5. The Bertz CT molecular complexity index is 1190. The molecule has 1 aliphatic rings. The number of aromatic amines is 1. The molecule has 0 amide bonds. The summed E-state index contributed by atoms with van der Waals surface area (Å²) in [6.07, 6.45) is 4.66. The van der Waals surface area contributed by atoms with Gasteiger partial charge >= 0.3 is 0 Å². The van der Waals surface area contributed by atoms with E-state index < -0.39 is 10.0 Å². The lowest BCUT2D eigenvalue weighted by atomic mass is 9.99. The Morgan fingerprint density at radius 2 is 1.93 bits per heavy atom. The van der Waals surface area contributed by atoms with Crippen molar-refractivity contribution in [3.63, 3.8) is 0 Å². The molecule has 0 unspecified atom stereocenters. The molecule has 3 aromatic rings. The van der Waals surface area contributed by atoms with Crippen molar-refractivity contribution in [2.24, 2.45) is 0 Å². The van der Waals surface area contributed by atoms with Crippen molar-refractivity contribution in [3.8, 4) is 11.5 Å². The highest BCUT2D eigenvalue weighted by atomic mass is 32.2. The molecule has 152 valence electrons. The molecular weight excluding hydrogens is 388 g/mol. The fourth-order valence-corrected chi connectivity index (χ4v) is 5.36. The fourth-order valence-electron chi connectivity index (χ4n) is 3.81. The summed E-state index contributed by atoms with van der Waals surface area (Å²) in [6, 6.07) is 11.0. The smallest absolute Gasteiger partial charge is 0.247 e. The maximum absolute atomic E-state index is 13.2. The highest BCUT2D eigenvalue weighted by Crippen LogP contribution is 2.34. The number of hydrogen-bond donors (Lipinski definition) is 1. The van der Waals surface area contributed by atoms with E-state index in [9.17, 15) is 8.42 Å². The Balaban J connectivity index is 1.65. The van der Waals surface area contributed by atoms with E-state index in [-0.39, 0.29) is 4.90 Å². The van der Waals surface area contributed by atoms with E-state index in [0.29, 0.717) is 31.0 Å². The molecule has 0 saturated heterocycles. The average Bonchev–Trinajstić information content (AvgIpc) is 3.19. The van der Waals surface area contributed by atoms with E-state index >= 15 is 0 Å². The minimum atomic E-state index is -3.70. The van der Waals surface area contributed by atoms with Gasteiger partial charge in [-0.05, 0) is 36.6 Å². The van der Waals surface area contributed by atoms with Crippen LogP contribution in [0, 0.1) is 6.92 Å². The van der Waals surface area contributed by atoms with Crippen LogP contribution in [-0.2, 0) is 10.0 Å². The number of ether oxygens (including phenoxy) is 2. The van der Waals surface area contributed by atoms with Crippen LogP contribution in [-0.4, -0.2) is 45.0 Å². The standard InChI is InChI=1S/C22H24N2O4S/c1-15-5-4-6-18-19(14-23-22(15)18)16-9-11-24(12-10-16)29(25,26)21-13-17(27-2)7-8-20(21)28-3/h4-9,13-14,23H,10-12H2,1-3H3. The first-order chi connectivity index (χ1) is 14.0. The molecule has 0 aliphatic carbocycles. The van der Waals surface area contributed by atoms with E-state index in [4.69, 9.17) is 9.47 Å². The Morgan fingerprint density at radius 1 is 1.10 bits per heavy atom. The highest BCUT2D eigenvalue weighted by molar-refractivity contribution is 7.89. The number of benzene rings is 2. The summed E-state index contributed by atoms with van der Waals surface area (Å²) in [7, 11) is -0.726. The molecule has 1 aliphatic heterocycles. The van der Waals surface area contributed by atoms with Gasteiger partial charge in [-0.25, -0.2) is 8.42 Å². The van der Waals surface area contributed by atoms with Crippen LogP contribution in [0.15, 0.2) is 53.6 Å². The van der Waals surface area contributed by atoms with Gasteiger partial charge in [-0.15, -0.1) is 0 Å². The Labute approximate surface area is 170 Å². The second-order valence-electron chi connectivity index (χ2n) is 7.06. The van der Waals surface area contributed by atoms with Gasteiger partial charge < -0.3 is 14.5 Å². The maximum Gasteiger partial charge on any atom is 0.247 e. The monoisotopic (exact) mass is 412 g/mol. The minimum absolute atomic E-state index is 0.124. The Hall–Kier alpha value is -2.77. The molecule has 0 atom stereocenters. The van der Waals surface area contributed by atoms with Gasteiger partial charge in [0.2, 0.25) is 10.0 Å². The number of hydrogen-bond acceptors (Lipinski definition) is 4. The number of para-hydroxylation sites is 1.